The molecule has 2 aliphatic carbocycles. The van der Waals surface area contributed by atoms with Crippen LogP contribution in [-0.4, -0.2) is 37.1 Å². The Morgan fingerprint density at radius 2 is 1.69 bits per heavy atom. The summed E-state index contributed by atoms with van der Waals surface area (Å²) in [6.07, 6.45) is 3.80. The van der Waals surface area contributed by atoms with Crippen LogP contribution < -0.4 is 25.8 Å². The summed E-state index contributed by atoms with van der Waals surface area (Å²) in [5.41, 5.74) is 8.49. The lowest BCUT2D eigenvalue weighted by molar-refractivity contribution is -0.119. The lowest BCUT2D eigenvalue weighted by Gasteiger charge is -2.18. The summed E-state index contributed by atoms with van der Waals surface area (Å²) in [4.78, 5) is 25.3. The average Bonchev–Trinajstić information content (AvgIpc) is 3.91. The van der Waals surface area contributed by atoms with Gasteiger partial charge in [-0.15, -0.1) is 0 Å². The number of carbonyl (C=O) groups is 2. The second-order valence-corrected chi connectivity index (χ2v) is 11.6. The fraction of sp³-hybridized carbons (Fsp3) is 0.412. The van der Waals surface area contributed by atoms with Crippen LogP contribution in [0, 0.1) is 30.5 Å². The molecule has 4 N–H and O–H groups in total. The first-order valence-corrected chi connectivity index (χ1v) is 14.7. The minimum absolute atomic E-state index is 0.209. The van der Waals surface area contributed by atoms with Crippen molar-refractivity contribution in [1.82, 2.24) is 5.32 Å². The summed E-state index contributed by atoms with van der Waals surface area (Å²) in [6, 6.07) is 20.7. The molecule has 0 aromatic heterocycles. The van der Waals surface area contributed by atoms with Gasteiger partial charge in [0, 0.05) is 35.8 Å². The summed E-state index contributed by atoms with van der Waals surface area (Å²) in [6.45, 7) is 6.91. The van der Waals surface area contributed by atoms with E-state index < -0.39 is 6.04 Å². The largest absolute Gasteiger partial charge is 0.493 e. The molecule has 0 aliphatic heterocycles. The number of nitrogens with two attached hydrogens (primary N) is 1. The normalized spacial score (nSPS) is 18.5. The van der Waals surface area contributed by atoms with E-state index in [2.05, 4.69) is 36.6 Å². The monoisotopic (exact) mass is 575 g/mol. The highest BCUT2D eigenvalue weighted by atomic mass is 19.1. The lowest BCUT2D eigenvalue weighted by Crippen LogP contribution is -2.39. The van der Waals surface area contributed by atoms with Crippen LogP contribution in [0.3, 0.4) is 0 Å². The van der Waals surface area contributed by atoms with E-state index in [4.69, 9.17) is 15.2 Å². The minimum Gasteiger partial charge on any atom is -0.493 e. The number of amides is 2. The molecule has 2 aliphatic rings. The van der Waals surface area contributed by atoms with Crippen molar-refractivity contribution in [3.8, 4) is 11.5 Å². The third kappa shape index (κ3) is 10.5. The van der Waals surface area contributed by atoms with E-state index in [1.807, 2.05) is 24.3 Å². The van der Waals surface area contributed by atoms with Gasteiger partial charge in [-0.2, -0.15) is 0 Å². The van der Waals surface area contributed by atoms with Gasteiger partial charge >= 0.3 is 0 Å². The topological polar surface area (TPSA) is 103 Å². The van der Waals surface area contributed by atoms with E-state index in [0.29, 0.717) is 47.6 Å². The molecule has 2 fully saturated rings. The Bertz CT molecular complexity index is 1310. The van der Waals surface area contributed by atoms with Crippen LogP contribution in [0.4, 0.5) is 10.1 Å². The summed E-state index contributed by atoms with van der Waals surface area (Å²) < 4.78 is 24.9. The maximum absolute atomic E-state index is 13.0. The van der Waals surface area contributed by atoms with E-state index in [1.165, 1.54) is 36.2 Å². The van der Waals surface area contributed by atoms with Crippen molar-refractivity contribution in [2.45, 2.75) is 58.6 Å². The number of ether oxygens (including phenoxy) is 2. The molecule has 224 valence electrons. The Balaban J connectivity index is 0.000000507. The quantitative estimate of drug-likeness (QED) is 0.242. The Hall–Kier alpha value is -3.91. The van der Waals surface area contributed by atoms with Crippen molar-refractivity contribution in [2.24, 2.45) is 23.5 Å². The zero-order chi connectivity index (χ0) is 30.1. The molecule has 0 saturated heterocycles. The van der Waals surface area contributed by atoms with Crippen LogP contribution >= 0.6 is 0 Å². The second kappa shape index (κ2) is 14.8. The maximum Gasteiger partial charge on any atom is 0.251 e. The van der Waals surface area contributed by atoms with Crippen molar-refractivity contribution in [3.05, 3.63) is 89.7 Å². The Kier molecular flexibility index (Phi) is 11.0. The predicted molar refractivity (Wildman–Crippen MR) is 163 cm³/mol. The molecule has 0 spiro atoms. The summed E-state index contributed by atoms with van der Waals surface area (Å²) in [7, 11) is 0. The van der Waals surface area contributed by atoms with Gasteiger partial charge in [0.05, 0.1) is 12.7 Å². The molecule has 5 rings (SSSR count). The number of aryl methyl sites for hydroxylation is 1. The molecule has 7 nitrogen and oxygen atoms in total. The molecular weight excluding hydrogens is 533 g/mol. The molecule has 0 radical (unpaired) electrons. The number of nitrogens with one attached hydrogen (secondary N) is 2. The van der Waals surface area contributed by atoms with Crippen molar-refractivity contribution in [3.63, 3.8) is 0 Å². The van der Waals surface area contributed by atoms with E-state index >= 15 is 0 Å². The third-order valence-electron chi connectivity index (χ3n) is 7.39. The van der Waals surface area contributed by atoms with Gasteiger partial charge in [0.25, 0.3) is 5.91 Å². The van der Waals surface area contributed by atoms with Gasteiger partial charge in [-0.1, -0.05) is 49.7 Å². The molecule has 42 heavy (non-hydrogen) atoms. The van der Waals surface area contributed by atoms with Gasteiger partial charge in [-0.3, -0.25) is 9.59 Å². The number of benzene rings is 3. The first kappa shape index (κ1) is 31.0. The number of hydrogen-bond donors (Lipinski definition) is 3. The molecule has 3 aromatic rings. The predicted octanol–water partition coefficient (Wildman–Crippen LogP) is 6.12. The number of carbonyl (C=O) groups excluding carboxylic acids is 2. The number of hydrogen-bond acceptors (Lipinski definition) is 5. The average molecular weight is 576 g/mol. The highest BCUT2D eigenvalue weighted by Crippen LogP contribution is 2.38. The first-order valence-electron chi connectivity index (χ1n) is 14.7. The lowest BCUT2D eigenvalue weighted by atomic mass is 10.0. The molecule has 0 heterocycles. The third-order valence-corrected chi connectivity index (χ3v) is 7.39. The van der Waals surface area contributed by atoms with E-state index in [9.17, 15) is 14.0 Å². The molecule has 0 bridgehead atoms. The smallest absolute Gasteiger partial charge is 0.251 e. The van der Waals surface area contributed by atoms with E-state index in [1.54, 1.807) is 19.1 Å². The fourth-order valence-corrected chi connectivity index (χ4v) is 4.37. The van der Waals surface area contributed by atoms with Crippen molar-refractivity contribution in [2.75, 3.05) is 18.5 Å². The van der Waals surface area contributed by atoms with Crippen LogP contribution in [0.1, 0.15) is 55.5 Å². The summed E-state index contributed by atoms with van der Waals surface area (Å²) in [5, 5.41) is 5.61. The van der Waals surface area contributed by atoms with Gasteiger partial charge in [-0.05, 0) is 80.8 Å². The molecule has 2 amide bonds. The standard InChI is InChI=1S/C27H34FN3O4.C7H8/c1-16-9-19(16)15-34-24-11-18(12-25(13-24)35-23-7-8-23)27(33)30-14-21(29)10-17(2)26(32)31-22-5-3-20(28)4-6-22;1-7-5-3-2-4-6-7/h3-6,11-13,16-17,19,21,23H,7-10,14-15,29H2,1-2H3,(H,30,33)(H,31,32);2-6H,1H3. The highest BCUT2D eigenvalue weighted by molar-refractivity contribution is 5.95. The Morgan fingerprint density at radius 3 is 2.29 bits per heavy atom. The fourth-order valence-electron chi connectivity index (χ4n) is 4.37. The summed E-state index contributed by atoms with van der Waals surface area (Å²) >= 11 is 0. The van der Waals surface area contributed by atoms with Crippen LogP contribution in [0.15, 0.2) is 72.8 Å². The maximum atomic E-state index is 13.0. The number of rotatable bonds is 12. The van der Waals surface area contributed by atoms with Gasteiger partial charge in [0.2, 0.25) is 5.91 Å². The molecule has 2 saturated carbocycles. The van der Waals surface area contributed by atoms with Crippen LogP contribution in [0.2, 0.25) is 0 Å². The molecule has 4 atom stereocenters. The minimum atomic E-state index is -0.411. The highest BCUT2D eigenvalue weighted by Gasteiger charge is 2.33. The second-order valence-electron chi connectivity index (χ2n) is 11.6. The Labute approximate surface area is 248 Å². The SMILES string of the molecule is CC(CC(N)CNC(=O)c1cc(OCC2CC2C)cc(OC2CC2)c1)C(=O)Nc1ccc(F)cc1.Cc1ccccc1. The van der Waals surface area contributed by atoms with E-state index in [0.717, 1.165) is 12.8 Å². The molecular formula is C34H42FN3O4. The van der Waals surface area contributed by atoms with Crippen LogP contribution in [0.25, 0.3) is 0 Å². The van der Waals surface area contributed by atoms with Gasteiger partial charge in [-0.25, -0.2) is 4.39 Å². The molecule has 4 unspecified atom stereocenters. The van der Waals surface area contributed by atoms with E-state index in [-0.39, 0.29) is 36.2 Å². The van der Waals surface area contributed by atoms with Gasteiger partial charge in [0.15, 0.2) is 0 Å². The van der Waals surface area contributed by atoms with Crippen molar-refractivity contribution in [1.29, 1.82) is 0 Å². The van der Waals surface area contributed by atoms with Gasteiger partial charge < -0.3 is 25.8 Å². The first-order chi connectivity index (χ1) is 20.2. The zero-order valence-electron chi connectivity index (χ0n) is 24.6. The molecule has 3 aromatic carbocycles. The van der Waals surface area contributed by atoms with Crippen LogP contribution in [0.5, 0.6) is 11.5 Å². The van der Waals surface area contributed by atoms with Crippen molar-refractivity contribution < 1.29 is 23.5 Å². The summed E-state index contributed by atoms with van der Waals surface area (Å²) in [5.74, 6) is 1.29. The Morgan fingerprint density at radius 1 is 1.02 bits per heavy atom. The molecule has 8 heteroatoms. The van der Waals surface area contributed by atoms with Gasteiger partial charge in [0.1, 0.15) is 17.3 Å². The zero-order valence-corrected chi connectivity index (χ0v) is 24.6. The van der Waals surface area contributed by atoms with Crippen molar-refractivity contribution >= 4 is 17.5 Å². The van der Waals surface area contributed by atoms with Crippen LogP contribution in [-0.2, 0) is 4.79 Å². The number of halogens is 1. The number of anilines is 1.